The fourth-order valence-corrected chi connectivity index (χ4v) is 3.66. The van der Waals surface area contributed by atoms with Crippen molar-refractivity contribution in [2.75, 3.05) is 31.1 Å². The van der Waals surface area contributed by atoms with Gasteiger partial charge in [0, 0.05) is 30.1 Å². The van der Waals surface area contributed by atoms with Crippen molar-refractivity contribution in [3.8, 4) is 0 Å². The van der Waals surface area contributed by atoms with Gasteiger partial charge in [-0.25, -0.2) is 9.97 Å². The predicted molar refractivity (Wildman–Crippen MR) is 87.2 cm³/mol. The van der Waals surface area contributed by atoms with Gasteiger partial charge in [0.05, 0.1) is 17.3 Å². The highest BCUT2D eigenvalue weighted by molar-refractivity contribution is 5.84. The molecule has 1 unspecified atom stereocenters. The molecule has 116 valence electrons. The van der Waals surface area contributed by atoms with E-state index in [0.29, 0.717) is 5.92 Å². The number of anilines is 1. The first-order valence-electron chi connectivity index (χ1n) is 8.19. The van der Waals surface area contributed by atoms with Crippen molar-refractivity contribution in [3.05, 3.63) is 30.2 Å². The number of nitrogens with zero attached hydrogens (tertiary/aromatic N) is 3. The molecule has 2 aliphatic rings. The van der Waals surface area contributed by atoms with E-state index in [1.54, 1.807) is 6.33 Å². The smallest absolute Gasteiger partial charge is 0.116 e. The minimum absolute atomic E-state index is 0.202. The Hall–Kier alpha value is -1.72. The normalized spacial score (nSPS) is 23.3. The van der Waals surface area contributed by atoms with Crippen LogP contribution >= 0.6 is 0 Å². The number of piperidine rings is 1. The Kier molecular flexibility index (Phi) is 3.68. The Morgan fingerprint density at radius 2 is 2.00 bits per heavy atom. The van der Waals surface area contributed by atoms with Crippen LogP contribution in [0.3, 0.4) is 0 Å². The summed E-state index contributed by atoms with van der Waals surface area (Å²) >= 11 is 0. The number of fused-ring (bicyclic) bond motifs is 1. The lowest BCUT2D eigenvalue weighted by Gasteiger charge is -2.23. The highest BCUT2D eigenvalue weighted by atomic mass is 16.3. The van der Waals surface area contributed by atoms with E-state index in [1.165, 1.54) is 11.1 Å². The summed E-state index contributed by atoms with van der Waals surface area (Å²) in [6.07, 6.45) is 4.63. The number of aliphatic hydroxyl groups excluding tert-OH is 1. The SMILES string of the molecule is OC1CCN(c2ccc3c(C4CCNCC4)ncnc3c2)C1. The lowest BCUT2D eigenvalue weighted by molar-refractivity contribution is 0.198. The molecule has 1 aromatic heterocycles. The molecule has 2 N–H and O–H groups in total. The molecule has 2 aliphatic heterocycles. The Morgan fingerprint density at radius 1 is 1.14 bits per heavy atom. The molecule has 0 amide bonds. The third kappa shape index (κ3) is 2.55. The number of nitrogens with one attached hydrogen (secondary N) is 1. The zero-order valence-electron chi connectivity index (χ0n) is 12.7. The molecule has 0 radical (unpaired) electrons. The Labute approximate surface area is 130 Å². The molecule has 0 bridgehead atoms. The summed E-state index contributed by atoms with van der Waals surface area (Å²) in [4.78, 5) is 11.3. The zero-order chi connectivity index (χ0) is 14.9. The molecule has 3 heterocycles. The standard InChI is InChI=1S/C17H22N4O/c22-14-5-8-21(10-14)13-1-2-15-16(9-13)19-11-20-17(15)12-3-6-18-7-4-12/h1-2,9,11-12,14,18,22H,3-8,10H2. The summed E-state index contributed by atoms with van der Waals surface area (Å²) in [5, 5.41) is 14.3. The molecule has 2 fully saturated rings. The maximum atomic E-state index is 9.72. The van der Waals surface area contributed by atoms with E-state index >= 15 is 0 Å². The van der Waals surface area contributed by atoms with Crippen molar-refractivity contribution in [2.24, 2.45) is 0 Å². The van der Waals surface area contributed by atoms with Gasteiger partial charge in [0.25, 0.3) is 0 Å². The number of rotatable bonds is 2. The fourth-order valence-electron chi connectivity index (χ4n) is 3.66. The molecule has 0 saturated carbocycles. The van der Waals surface area contributed by atoms with Crippen LogP contribution in [0.1, 0.15) is 30.9 Å². The van der Waals surface area contributed by atoms with Crippen LogP contribution in [-0.4, -0.2) is 47.4 Å². The second-order valence-electron chi connectivity index (χ2n) is 6.37. The van der Waals surface area contributed by atoms with Crippen LogP contribution in [0.2, 0.25) is 0 Å². The topological polar surface area (TPSA) is 61.3 Å². The Morgan fingerprint density at radius 3 is 2.77 bits per heavy atom. The van der Waals surface area contributed by atoms with Crippen molar-refractivity contribution >= 4 is 16.6 Å². The molecule has 4 rings (SSSR count). The van der Waals surface area contributed by atoms with Gasteiger partial charge in [0.15, 0.2) is 0 Å². The molecule has 5 heteroatoms. The molecular formula is C17H22N4O. The van der Waals surface area contributed by atoms with E-state index in [1.807, 2.05) is 0 Å². The quantitative estimate of drug-likeness (QED) is 0.883. The Bertz CT molecular complexity index is 669. The van der Waals surface area contributed by atoms with Crippen LogP contribution in [0.15, 0.2) is 24.5 Å². The summed E-state index contributed by atoms with van der Waals surface area (Å²) in [5.41, 5.74) is 3.36. The lowest BCUT2D eigenvalue weighted by atomic mass is 9.92. The van der Waals surface area contributed by atoms with Crippen molar-refractivity contribution in [2.45, 2.75) is 31.3 Å². The maximum Gasteiger partial charge on any atom is 0.116 e. The number of aromatic nitrogens is 2. The van der Waals surface area contributed by atoms with Crippen LogP contribution in [0, 0.1) is 0 Å². The van der Waals surface area contributed by atoms with Crippen LogP contribution in [-0.2, 0) is 0 Å². The van der Waals surface area contributed by atoms with Crippen LogP contribution < -0.4 is 10.2 Å². The first-order valence-corrected chi connectivity index (χ1v) is 8.19. The first-order chi connectivity index (χ1) is 10.8. The van der Waals surface area contributed by atoms with Gasteiger partial charge in [0.2, 0.25) is 0 Å². The van der Waals surface area contributed by atoms with Crippen LogP contribution in [0.5, 0.6) is 0 Å². The first kappa shape index (κ1) is 13.9. The monoisotopic (exact) mass is 298 g/mol. The summed E-state index contributed by atoms with van der Waals surface area (Å²) < 4.78 is 0. The van der Waals surface area contributed by atoms with E-state index in [0.717, 1.165) is 56.6 Å². The van der Waals surface area contributed by atoms with Crippen molar-refractivity contribution in [1.29, 1.82) is 0 Å². The number of hydrogen-bond acceptors (Lipinski definition) is 5. The highest BCUT2D eigenvalue weighted by Crippen LogP contribution is 2.31. The minimum atomic E-state index is -0.202. The van der Waals surface area contributed by atoms with Gasteiger partial charge in [-0.05, 0) is 50.6 Å². The van der Waals surface area contributed by atoms with Crippen molar-refractivity contribution < 1.29 is 5.11 Å². The number of β-amino-alcohol motifs (C(OH)–C–C–N with tert-alkyl or cyclic N) is 1. The highest BCUT2D eigenvalue weighted by Gasteiger charge is 2.22. The summed E-state index contributed by atoms with van der Waals surface area (Å²) in [6, 6.07) is 6.45. The average molecular weight is 298 g/mol. The second kappa shape index (κ2) is 5.82. The number of benzene rings is 1. The van der Waals surface area contributed by atoms with Crippen LogP contribution in [0.4, 0.5) is 5.69 Å². The van der Waals surface area contributed by atoms with E-state index in [4.69, 9.17) is 0 Å². The summed E-state index contributed by atoms with van der Waals surface area (Å²) in [6.45, 7) is 3.77. The maximum absolute atomic E-state index is 9.72. The average Bonchev–Trinajstić information content (AvgIpc) is 3.01. The Balaban J connectivity index is 1.69. The summed E-state index contributed by atoms with van der Waals surface area (Å²) in [7, 11) is 0. The molecule has 0 spiro atoms. The van der Waals surface area contributed by atoms with Gasteiger partial charge < -0.3 is 15.3 Å². The molecule has 2 saturated heterocycles. The summed E-state index contributed by atoms with van der Waals surface area (Å²) in [5.74, 6) is 0.534. The number of aliphatic hydroxyl groups is 1. The lowest BCUT2D eigenvalue weighted by Crippen LogP contribution is -2.27. The molecule has 0 aliphatic carbocycles. The van der Waals surface area contributed by atoms with Gasteiger partial charge in [-0.3, -0.25) is 0 Å². The van der Waals surface area contributed by atoms with Gasteiger partial charge in [-0.1, -0.05) is 0 Å². The third-order valence-electron chi connectivity index (χ3n) is 4.91. The molecule has 1 aromatic carbocycles. The van der Waals surface area contributed by atoms with Gasteiger partial charge >= 0.3 is 0 Å². The molecular weight excluding hydrogens is 276 g/mol. The largest absolute Gasteiger partial charge is 0.391 e. The second-order valence-corrected chi connectivity index (χ2v) is 6.37. The van der Waals surface area contributed by atoms with E-state index in [2.05, 4.69) is 38.4 Å². The minimum Gasteiger partial charge on any atom is -0.391 e. The molecule has 5 nitrogen and oxygen atoms in total. The van der Waals surface area contributed by atoms with Gasteiger partial charge in [-0.15, -0.1) is 0 Å². The van der Waals surface area contributed by atoms with Crippen molar-refractivity contribution in [3.63, 3.8) is 0 Å². The molecule has 1 atom stereocenters. The van der Waals surface area contributed by atoms with E-state index in [9.17, 15) is 5.11 Å². The third-order valence-corrected chi connectivity index (χ3v) is 4.91. The molecule has 22 heavy (non-hydrogen) atoms. The number of hydrogen-bond donors (Lipinski definition) is 2. The van der Waals surface area contributed by atoms with Crippen molar-refractivity contribution in [1.82, 2.24) is 15.3 Å². The van der Waals surface area contributed by atoms with Gasteiger partial charge in [0.1, 0.15) is 6.33 Å². The van der Waals surface area contributed by atoms with E-state index in [-0.39, 0.29) is 6.10 Å². The van der Waals surface area contributed by atoms with E-state index < -0.39 is 0 Å². The fraction of sp³-hybridized carbons (Fsp3) is 0.529. The van der Waals surface area contributed by atoms with Gasteiger partial charge in [-0.2, -0.15) is 0 Å². The van der Waals surface area contributed by atoms with Crippen LogP contribution in [0.25, 0.3) is 10.9 Å². The predicted octanol–water partition coefficient (Wildman–Crippen LogP) is 1.67. The molecule has 2 aromatic rings. The zero-order valence-corrected chi connectivity index (χ0v) is 12.7.